The van der Waals surface area contributed by atoms with Crippen LogP contribution in [0.5, 0.6) is 0 Å². The SMILES string of the molecule is C.CC(C)(C)OC(=O)N1CCC[C@H]1C[C@H](O)c1ccccc1.CCOC(C)=O.O[C@@H](C[C@@H]1CCCN1)c1ccccc1.S.S.S.S. The van der Waals surface area contributed by atoms with Crippen LogP contribution in [0.1, 0.15) is 104 Å². The summed E-state index contributed by atoms with van der Waals surface area (Å²) in [6.07, 6.45) is 4.59. The monoisotopic (exact) mass is 722 g/mol. The molecule has 2 aromatic rings. The van der Waals surface area contributed by atoms with Crippen LogP contribution in [0.2, 0.25) is 0 Å². The van der Waals surface area contributed by atoms with Gasteiger partial charge in [0, 0.05) is 25.6 Å². The number of nitrogens with zero attached hydrogens (tertiary/aromatic N) is 1. The molecule has 2 fully saturated rings. The van der Waals surface area contributed by atoms with Gasteiger partial charge in [-0.2, -0.15) is 54.0 Å². The van der Waals surface area contributed by atoms with Gasteiger partial charge in [0.25, 0.3) is 0 Å². The average Bonchev–Trinajstić information content (AvgIpc) is 3.62. The summed E-state index contributed by atoms with van der Waals surface area (Å²) in [4.78, 5) is 23.8. The van der Waals surface area contributed by atoms with Crippen molar-refractivity contribution in [2.75, 3.05) is 19.7 Å². The Morgan fingerprint density at radius 1 is 0.870 bits per heavy atom. The first-order chi connectivity index (χ1) is 19.5. The number of ether oxygens (including phenoxy) is 2. The second-order valence-electron chi connectivity index (χ2n) is 11.5. The van der Waals surface area contributed by atoms with E-state index in [1.807, 2.05) is 81.4 Å². The van der Waals surface area contributed by atoms with Crippen LogP contribution in [0.15, 0.2) is 60.7 Å². The van der Waals surface area contributed by atoms with E-state index in [4.69, 9.17) is 4.74 Å². The molecule has 8 nitrogen and oxygen atoms in total. The molecule has 12 heteroatoms. The Kier molecular flexibility index (Phi) is 30.6. The third-order valence-electron chi connectivity index (χ3n) is 6.89. The number of aliphatic hydroxyl groups excluding tert-OH is 2. The van der Waals surface area contributed by atoms with E-state index in [9.17, 15) is 19.8 Å². The molecule has 1 amide bonds. The maximum absolute atomic E-state index is 12.2. The number of hydrogen-bond donors (Lipinski definition) is 3. The fourth-order valence-electron chi connectivity index (χ4n) is 4.95. The molecule has 2 heterocycles. The Morgan fingerprint density at radius 2 is 1.37 bits per heavy atom. The van der Waals surface area contributed by atoms with E-state index >= 15 is 0 Å². The van der Waals surface area contributed by atoms with Gasteiger partial charge in [-0.1, -0.05) is 68.1 Å². The second kappa shape index (κ2) is 27.4. The molecule has 3 N–H and O–H groups in total. The summed E-state index contributed by atoms with van der Waals surface area (Å²) in [5.41, 5.74) is 1.44. The molecular formula is C34H62N2O6S4. The topological polar surface area (TPSA) is 108 Å². The van der Waals surface area contributed by atoms with E-state index in [0.29, 0.717) is 25.6 Å². The molecule has 0 aromatic heterocycles. The highest BCUT2D eigenvalue weighted by Crippen LogP contribution is 2.28. The van der Waals surface area contributed by atoms with Crippen molar-refractivity contribution in [1.82, 2.24) is 10.2 Å². The van der Waals surface area contributed by atoms with Gasteiger partial charge in [0.1, 0.15) is 5.60 Å². The molecule has 0 spiro atoms. The summed E-state index contributed by atoms with van der Waals surface area (Å²) in [5.74, 6) is -0.211. The number of rotatable bonds is 7. The normalized spacial score (nSPS) is 17.5. The zero-order valence-electron chi connectivity index (χ0n) is 27.4. The van der Waals surface area contributed by atoms with Crippen LogP contribution < -0.4 is 5.32 Å². The summed E-state index contributed by atoms with van der Waals surface area (Å²) < 4.78 is 9.85. The van der Waals surface area contributed by atoms with Crippen molar-refractivity contribution in [1.29, 1.82) is 0 Å². The van der Waals surface area contributed by atoms with Crippen molar-refractivity contribution in [2.45, 2.75) is 110 Å². The highest BCUT2D eigenvalue weighted by atomic mass is 32.1. The van der Waals surface area contributed by atoms with Crippen LogP contribution in [-0.2, 0) is 14.3 Å². The summed E-state index contributed by atoms with van der Waals surface area (Å²) in [6, 6.07) is 20.0. The molecule has 0 radical (unpaired) electrons. The standard InChI is InChI=1S/C17H25NO3.C12H17NO.C4H8O2.CH4.4H2S/c1-17(2,3)21-16(20)18-11-7-10-14(18)12-15(19)13-8-5-4-6-9-13;14-12(9-11-7-4-8-13-11)10-5-2-1-3-6-10;1-3-6-4(2)5;;;;;/h4-6,8-9,14-15,19H,7,10-12H2,1-3H3;1-3,5-6,11-14H,4,7-9H2;3H2,1-2H3;1H4;4*1H2/t14-,15-;11-,12-;;;;;;/m00....../s1. The lowest BCUT2D eigenvalue weighted by Crippen LogP contribution is -2.40. The summed E-state index contributed by atoms with van der Waals surface area (Å²) >= 11 is 0. The Bertz CT molecular complexity index is 1030. The number of carbonyl (C=O) groups excluding carboxylic acids is 2. The number of carbonyl (C=O) groups is 2. The first kappa shape index (κ1) is 51.3. The number of nitrogens with one attached hydrogen (secondary N) is 1. The zero-order valence-corrected chi connectivity index (χ0v) is 31.4. The molecule has 2 saturated heterocycles. The zero-order chi connectivity index (χ0) is 30.3. The number of likely N-dealkylation sites (tertiary alicyclic amines) is 1. The van der Waals surface area contributed by atoms with Gasteiger partial charge >= 0.3 is 12.1 Å². The van der Waals surface area contributed by atoms with Gasteiger partial charge in [0.2, 0.25) is 0 Å². The lowest BCUT2D eigenvalue weighted by atomic mass is 10.0. The third-order valence-corrected chi connectivity index (χ3v) is 6.89. The van der Waals surface area contributed by atoms with E-state index < -0.39 is 11.7 Å². The Morgan fingerprint density at radius 3 is 1.76 bits per heavy atom. The first-order valence-corrected chi connectivity index (χ1v) is 14.8. The molecule has 2 aromatic carbocycles. The number of hydrogen-bond acceptors (Lipinski definition) is 7. The van der Waals surface area contributed by atoms with Crippen LogP contribution >= 0.6 is 54.0 Å². The molecule has 2 aliphatic rings. The molecular weight excluding hydrogens is 661 g/mol. The summed E-state index contributed by atoms with van der Waals surface area (Å²) in [5, 5.41) is 23.7. The number of benzene rings is 2. The van der Waals surface area contributed by atoms with Crippen molar-refractivity contribution in [2.24, 2.45) is 0 Å². The maximum Gasteiger partial charge on any atom is 0.410 e. The van der Waals surface area contributed by atoms with E-state index in [1.54, 1.807) is 11.8 Å². The molecule has 46 heavy (non-hydrogen) atoms. The number of aliphatic hydroxyl groups is 2. The van der Waals surface area contributed by atoms with Gasteiger partial charge < -0.3 is 29.9 Å². The largest absolute Gasteiger partial charge is 0.466 e. The van der Waals surface area contributed by atoms with E-state index in [0.717, 1.165) is 36.9 Å². The molecule has 0 bridgehead atoms. The third kappa shape index (κ3) is 20.6. The van der Waals surface area contributed by atoms with Gasteiger partial charge in [-0.3, -0.25) is 4.79 Å². The van der Waals surface area contributed by atoms with Gasteiger partial charge in [-0.05, 0) is 83.9 Å². The average molecular weight is 723 g/mol. The lowest BCUT2D eigenvalue weighted by Gasteiger charge is -2.29. The predicted molar refractivity (Wildman–Crippen MR) is 210 cm³/mol. The minimum atomic E-state index is -0.542. The fraction of sp³-hybridized carbons (Fsp3) is 0.588. The second-order valence-corrected chi connectivity index (χ2v) is 11.5. The summed E-state index contributed by atoms with van der Waals surface area (Å²) in [7, 11) is 0. The number of amides is 1. The van der Waals surface area contributed by atoms with Crippen molar-refractivity contribution in [3.63, 3.8) is 0 Å². The van der Waals surface area contributed by atoms with Gasteiger partial charge in [-0.25, -0.2) is 4.79 Å². The van der Waals surface area contributed by atoms with Crippen LogP contribution in [0, 0.1) is 0 Å². The van der Waals surface area contributed by atoms with Gasteiger partial charge in [0.15, 0.2) is 0 Å². The van der Waals surface area contributed by atoms with Crippen LogP contribution in [0.25, 0.3) is 0 Å². The number of esters is 1. The lowest BCUT2D eigenvalue weighted by molar-refractivity contribution is -0.140. The van der Waals surface area contributed by atoms with Crippen molar-refractivity contribution < 1.29 is 29.3 Å². The quantitative estimate of drug-likeness (QED) is 0.264. The van der Waals surface area contributed by atoms with Crippen LogP contribution in [0.3, 0.4) is 0 Å². The maximum atomic E-state index is 12.2. The predicted octanol–water partition coefficient (Wildman–Crippen LogP) is 7.03. The Balaban J connectivity index is -0.000000309. The molecule has 0 unspecified atom stereocenters. The smallest absolute Gasteiger partial charge is 0.410 e. The first-order valence-electron chi connectivity index (χ1n) is 14.8. The van der Waals surface area contributed by atoms with Gasteiger partial charge in [0.05, 0.1) is 18.8 Å². The highest BCUT2D eigenvalue weighted by Gasteiger charge is 2.33. The van der Waals surface area contributed by atoms with Crippen LogP contribution in [-0.4, -0.2) is 64.6 Å². The Hall–Kier alpha value is -1.54. The minimum absolute atomic E-state index is 0. The van der Waals surface area contributed by atoms with E-state index in [-0.39, 0.29) is 85.6 Å². The fourth-order valence-corrected chi connectivity index (χ4v) is 4.95. The van der Waals surface area contributed by atoms with E-state index in [2.05, 4.69) is 10.1 Å². The van der Waals surface area contributed by atoms with E-state index in [1.165, 1.54) is 19.8 Å². The molecule has 4 atom stereocenters. The van der Waals surface area contributed by atoms with Crippen LogP contribution in [0.4, 0.5) is 4.79 Å². The van der Waals surface area contributed by atoms with Gasteiger partial charge in [-0.15, -0.1) is 0 Å². The summed E-state index contributed by atoms with van der Waals surface area (Å²) in [6.45, 7) is 11.1. The van der Waals surface area contributed by atoms with Crippen molar-refractivity contribution in [3.05, 3.63) is 71.8 Å². The molecule has 4 rings (SSSR count). The molecule has 0 saturated carbocycles. The minimum Gasteiger partial charge on any atom is -0.466 e. The molecule has 0 aliphatic carbocycles. The Labute approximate surface area is 306 Å². The highest BCUT2D eigenvalue weighted by molar-refractivity contribution is 7.59. The van der Waals surface area contributed by atoms with Crippen molar-refractivity contribution >= 4 is 66.0 Å². The molecule has 2 aliphatic heterocycles. The molecule has 268 valence electrons. The van der Waals surface area contributed by atoms with Crippen molar-refractivity contribution in [3.8, 4) is 0 Å².